The Morgan fingerprint density at radius 3 is 2.24 bits per heavy atom. The molecule has 2 N–H and O–H groups in total. The number of aliphatic hydroxyl groups excluding tert-OH is 1. The zero-order valence-corrected chi connectivity index (χ0v) is 13.5. The molecule has 120 valence electrons. The van der Waals surface area contributed by atoms with Crippen LogP contribution in [0.4, 0.5) is 0 Å². The van der Waals surface area contributed by atoms with Crippen molar-refractivity contribution >= 4 is 0 Å². The Hall–Kier alpha value is -1.26. The van der Waals surface area contributed by atoms with Gasteiger partial charge in [-0.15, -0.1) is 0 Å². The Labute approximate surface area is 128 Å². The van der Waals surface area contributed by atoms with Crippen LogP contribution in [0.15, 0.2) is 24.3 Å². The number of benzene rings is 1. The fraction of sp³-hybridized carbons (Fsp3) is 0.647. The van der Waals surface area contributed by atoms with Gasteiger partial charge in [0.25, 0.3) is 0 Å². The highest BCUT2D eigenvalue weighted by atomic mass is 16.5. The third-order valence-corrected chi connectivity index (χ3v) is 3.63. The van der Waals surface area contributed by atoms with Crippen molar-refractivity contribution in [3.8, 4) is 11.5 Å². The highest BCUT2D eigenvalue weighted by Gasteiger charge is 2.14. The summed E-state index contributed by atoms with van der Waals surface area (Å²) in [7, 11) is 0. The molecule has 1 aromatic rings. The molecule has 1 rings (SSSR count). The second kappa shape index (κ2) is 10.5. The van der Waals surface area contributed by atoms with Crippen molar-refractivity contribution in [2.75, 3.05) is 26.3 Å². The first-order valence-electron chi connectivity index (χ1n) is 7.96. The fourth-order valence-electron chi connectivity index (χ4n) is 2.33. The molecular formula is C17H29NO3. The van der Waals surface area contributed by atoms with Crippen LogP contribution in [0.5, 0.6) is 11.5 Å². The Bertz CT molecular complexity index is 380. The molecule has 0 bridgehead atoms. The number of ether oxygens (including phenoxy) is 2. The summed E-state index contributed by atoms with van der Waals surface area (Å²) in [4.78, 5) is 0. The quantitative estimate of drug-likeness (QED) is 0.616. The first-order chi connectivity index (χ1) is 10.2. The van der Waals surface area contributed by atoms with E-state index in [-0.39, 0.29) is 6.10 Å². The van der Waals surface area contributed by atoms with E-state index in [1.165, 1.54) is 0 Å². The lowest BCUT2D eigenvalue weighted by Crippen LogP contribution is -2.34. The number of hydrogen-bond acceptors (Lipinski definition) is 4. The van der Waals surface area contributed by atoms with Gasteiger partial charge in [-0.2, -0.15) is 0 Å². The summed E-state index contributed by atoms with van der Waals surface area (Å²) >= 11 is 0. The van der Waals surface area contributed by atoms with Crippen molar-refractivity contribution in [3.63, 3.8) is 0 Å². The van der Waals surface area contributed by atoms with Gasteiger partial charge in [0.05, 0.1) is 12.7 Å². The molecular weight excluding hydrogens is 266 g/mol. The number of aliphatic hydroxyl groups is 1. The molecule has 0 aliphatic heterocycles. The SMILES string of the molecule is CCOc1ccccc1OCCNCC(O)C(CC)CC. The van der Waals surface area contributed by atoms with Gasteiger partial charge in [-0.25, -0.2) is 0 Å². The highest BCUT2D eigenvalue weighted by molar-refractivity contribution is 5.39. The van der Waals surface area contributed by atoms with Crippen molar-refractivity contribution in [3.05, 3.63) is 24.3 Å². The minimum absolute atomic E-state index is 0.282. The summed E-state index contributed by atoms with van der Waals surface area (Å²) in [5.74, 6) is 1.91. The first-order valence-corrected chi connectivity index (χ1v) is 7.96. The topological polar surface area (TPSA) is 50.7 Å². The molecule has 0 aliphatic carbocycles. The number of hydrogen-bond donors (Lipinski definition) is 2. The van der Waals surface area contributed by atoms with E-state index in [1.54, 1.807) is 0 Å². The Kier molecular flexibility index (Phi) is 8.87. The van der Waals surface area contributed by atoms with Crippen molar-refractivity contribution in [2.45, 2.75) is 39.7 Å². The van der Waals surface area contributed by atoms with Gasteiger partial charge in [0.15, 0.2) is 11.5 Å². The van der Waals surface area contributed by atoms with Gasteiger partial charge in [-0.05, 0) is 25.0 Å². The third-order valence-electron chi connectivity index (χ3n) is 3.63. The summed E-state index contributed by atoms with van der Waals surface area (Å²) in [6.07, 6.45) is 1.74. The van der Waals surface area contributed by atoms with Crippen molar-refractivity contribution in [1.29, 1.82) is 0 Å². The first kappa shape index (κ1) is 17.8. The number of nitrogens with one attached hydrogen (secondary N) is 1. The van der Waals surface area contributed by atoms with Gasteiger partial charge in [0.2, 0.25) is 0 Å². The summed E-state index contributed by atoms with van der Waals surface area (Å²) < 4.78 is 11.2. The summed E-state index contributed by atoms with van der Waals surface area (Å²) in [5, 5.41) is 13.3. The molecule has 0 spiro atoms. The highest BCUT2D eigenvalue weighted by Crippen LogP contribution is 2.26. The molecule has 4 heteroatoms. The van der Waals surface area contributed by atoms with Crippen LogP contribution in [0, 0.1) is 5.92 Å². The summed E-state index contributed by atoms with van der Waals surface area (Å²) in [5.41, 5.74) is 0. The van der Waals surface area contributed by atoms with E-state index >= 15 is 0 Å². The molecule has 1 aromatic carbocycles. The van der Waals surface area contributed by atoms with Crippen LogP contribution in [0.2, 0.25) is 0 Å². The van der Waals surface area contributed by atoms with Crippen LogP contribution in [-0.2, 0) is 0 Å². The predicted octanol–water partition coefficient (Wildman–Crippen LogP) is 2.85. The zero-order chi connectivity index (χ0) is 15.5. The van der Waals surface area contributed by atoms with Crippen molar-refractivity contribution in [1.82, 2.24) is 5.32 Å². The standard InChI is InChI=1S/C17H29NO3/c1-4-14(5-2)15(19)13-18-11-12-21-17-10-8-7-9-16(17)20-6-3/h7-10,14-15,18-19H,4-6,11-13H2,1-3H3. The normalized spacial score (nSPS) is 12.4. The Balaban J connectivity index is 2.25. The van der Waals surface area contributed by atoms with E-state index in [9.17, 15) is 5.11 Å². The average Bonchev–Trinajstić information content (AvgIpc) is 2.50. The lowest BCUT2D eigenvalue weighted by molar-refractivity contribution is 0.100. The van der Waals surface area contributed by atoms with Gasteiger partial charge in [0, 0.05) is 13.1 Å². The zero-order valence-electron chi connectivity index (χ0n) is 13.5. The molecule has 4 nitrogen and oxygen atoms in total. The molecule has 0 saturated carbocycles. The maximum Gasteiger partial charge on any atom is 0.161 e. The van der Waals surface area contributed by atoms with Gasteiger partial charge in [0.1, 0.15) is 6.61 Å². The molecule has 0 fully saturated rings. The van der Waals surface area contributed by atoms with E-state index in [4.69, 9.17) is 9.47 Å². The third kappa shape index (κ3) is 6.36. The summed E-state index contributed by atoms with van der Waals surface area (Å²) in [6, 6.07) is 7.68. The van der Waals surface area contributed by atoms with E-state index in [2.05, 4.69) is 19.2 Å². The predicted molar refractivity (Wildman–Crippen MR) is 86.1 cm³/mol. The van der Waals surface area contributed by atoms with Crippen LogP contribution < -0.4 is 14.8 Å². The second-order valence-corrected chi connectivity index (χ2v) is 5.08. The molecule has 21 heavy (non-hydrogen) atoms. The molecule has 0 saturated heterocycles. The minimum Gasteiger partial charge on any atom is -0.490 e. The molecule has 1 unspecified atom stereocenters. The van der Waals surface area contributed by atoms with Crippen LogP contribution in [0.25, 0.3) is 0 Å². The van der Waals surface area contributed by atoms with E-state index in [1.807, 2.05) is 31.2 Å². The molecule has 0 radical (unpaired) electrons. The van der Waals surface area contributed by atoms with Crippen LogP contribution in [0.3, 0.4) is 0 Å². The van der Waals surface area contributed by atoms with Crippen LogP contribution in [-0.4, -0.2) is 37.5 Å². The molecule has 0 amide bonds. The lowest BCUT2D eigenvalue weighted by atomic mass is 9.97. The maximum atomic E-state index is 10.0. The van der Waals surface area contributed by atoms with Gasteiger partial charge >= 0.3 is 0 Å². The Morgan fingerprint density at radius 1 is 1.05 bits per heavy atom. The smallest absolute Gasteiger partial charge is 0.161 e. The van der Waals surface area contributed by atoms with E-state index in [0.29, 0.717) is 32.2 Å². The summed E-state index contributed by atoms with van der Waals surface area (Å²) in [6.45, 7) is 8.69. The van der Waals surface area contributed by atoms with Crippen molar-refractivity contribution in [2.24, 2.45) is 5.92 Å². The average molecular weight is 295 g/mol. The fourth-order valence-corrected chi connectivity index (χ4v) is 2.33. The maximum absolute atomic E-state index is 10.0. The van der Waals surface area contributed by atoms with Gasteiger partial charge < -0.3 is 19.9 Å². The van der Waals surface area contributed by atoms with E-state index in [0.717, 1.165) is 24.3 Å². The molecule has 0 heterocycles. The van der Waals surface area contributed by atoms with E-state index < -0.39 is 0 Å². The monoisotopic (exact) mass is 295 g/mol. The van der Waals surface area contributed by atoms with Crippen molar-refractivity contribution < 1.29 is 14.6 Å². The molecule has 0 aromatic heterocycles. The minimum atomic E-state index is -0.282. The van der Waals surface area contributed by atoms with Gasteiger partial charge in [-0.1, -0.05) is 38.8 Å². The van der Waals surface area contributed by atoms with Crippen LogP contribution >= 0.6 is 0 Å². The lowest BCUT2D eigenvalue weighted by Gasteiger charge is -2.20. The number of para-hydroxylation sites is 2. The molecule has 0 aliphatic rings. The molecule has 1 atom stereocenters. The van der Waals surface area contributed by atoms with Gasteiger partial charge in [-0.3, -0.25) is 0 Å². The Morgan fingerprint density at radius 2 is 1.67 bits per heavy atom. The second-order valence-electron chi connectivity index (χ2n) is 5.08. The number of rotatable bonds is 11. The van der Waals surface area contributed by atoms with Crippen LogP contribution in [0.1, 0.15) is 33.6 Å². The largest absolute Gasteiger partial charge is 0.490 e.